The van der Waals surface area contributed by atoms with Crippen LogP contribution in [0.25, 0.3) is 0 Å². The molecular formula is C39H54N2O4. The lowest BCUT2D eigenvalue weighted by molar-refractivity contribution is -0.132. The van der Waals surface area contributed by atoms with Crippen LogP contribution in [0.5, 0.6) is 0 Å². The van der Waals surface area contributed by atoms with Gasteiger partial charge in [-0.3, -0.25) is 9.59 Å². The van der Waals surface area contributed by atoms with E-state index in [0.717, 1.165) is 82.9 Å². The fraction of sp³-hybridized carbons (Fsp3) is 0.795. The Labute approximate surface area is 270 Å². The minimum atomic E-state index is -0.664. The van der Waals surface area contributed by atoms with Crippen molar-refractivity contribution in [3.63, 3.8) is 0 Å². The molecule has 0 aromatic carbocycles. The number of likely N-dealkylation sites (tertiary alicyclic amines) is 1. The molecule has 6 aliphatic carbocycles. The van der Waals surface area contributed by atoms with Gasteiger partial charge in [0.2, 0.25) is 0 Å². The van der Waals surface area contributed by atoms with Crippen LogP contribution in [-0.4, -0.2) is 42.3 Å². The molecule has 6 nitrogen and oxygen atoms in total. The van der Waals surface area contributed by atoms with Crippen LogP contribution in [0, 0.1) is 73.4 Å². The number of carbonyl (C=O) groups is 3. The van der Waals surface area contributed by atoms with Crippen molar-refractivity contribution in [2.24, 2.45) is 62.1 Å². The van der Waals surface area contributed by atoms with Crippen molar-refractivity contribution in [2.45, 2.75) is 113 Å². The van der Waals surface area contributed by atoms with Crippen LogP contribution in [0.15, 0.2) is 23.3 Å². The van der Waals surface area contributed by atoms with Gasteiger partial charge in [0.15, 0.2) is 11.6 Å². The summed E-state index contributed by atoms with van der Waals surface area (Å²) in [6.07, 6.45) is 14.1. The van der Waals surface area contributed by atoms with E-state index < -0.39 is 10.8 Å². The van der Waals surface area contributed by atoms with Gasteiger partial charge in [-0.2, -0.15) is 5.26 Å². The monoisotopic (exact) mass is 614 g/mol. The SMILES string of the molecule is CC1(C)CCC2(COC(=O)N3CCCC3)CC[C@]3(C)[C@H]4C(C(=O)C=C5[C@@]6(C)C=C(C#N)C(=O)C(C)(C)[C@@H]6CC[C@]53C)[C@H]4C(C1)C2. The Bertz CT molecular complexity index is 1440. The average molecular weight is 615 g/mol. The van der Waals surface area contributed by atoms with Crippen molar-refractivity contribution < 1.29 is 19.1 Å². The molecule has 7 aliphatic rings. The van der Waals surface area contributed by atoms with Crippen LogP contribution in [0.1, 0.15) is 113 Å². The first-order valence-electron chi connectivity index (χ1n) is 17.9. The number of hydrogen-bond acceptors (Lipinski definition) is 5. The molecule has 0 aromatic heterocycles. The highest BCUT2D eigenvalue weighted by Gasteiger charge is 2.74. The molecule has 1 aliphatic heterocycles. The first-order valence-corrected chi connectivity index (χ1v) is 17.9. The number of allylic oxidation sites excluding steroid dienone is 4. The van der Waals surface area contributed by atoms with Crippen molar-refractivity contribution in [1.29, 1.82) is 5.26 Å². The van der Waals surface area contributed by atoms with Crippen molar-refractivity contribution in [3.8, 4) is 6.07 Å². The maximum Gasteiger partial charge on any atom is 0.409 e. The van der Waals surface area contributed by atoms with Crippen LogP contribution in [0.3, 0.4) is 0 Å². The summed E-state index contributed by atoms with van der Waals surface area (Å²) in [5.74, 6) is 1.43. The van der Waals surface area contributed by atoms with Crippen molar-refractivity contribution in [1.82, 2.24) is 4.90 Å². The summed E-state index contributed by atoms with van der Waals surface area (Å²) in [6.45, 7) is 18.0. The summed E-state index contributed by atoms with van der Waals surface area (Å²) in [5.41, 5.74) is -0.0220. The average Bonchev–Trinajstić information content (AvgIpc) is 3.55. The van der Waals surface area contributed by atoms with E-state index in [9.17, 15) is 19.6 Å². The molecule has 1 heterocycles. The van der Waals surface area contributed by atoms with Gasteiger partial charge in [0.1, 0.15) is 6.07 Å². The standard InChI is InChI=1S/C39H54N2O4/c1-34(2)12-14-39(23-45-33(44)41-16-8-9-17-41)15-13-38(7)31-29(24(19-34)21-39)30(31)26(42)18-28-36(5)20-25(22-40)32(43)35(3,4)27(36)10-11-37(28,38)6/h18,20,24,27,29-31H,8-17,19,21,23H2,1-7H3/t24?,27-,29+,30?,31+,36-,37+,38+,39?/m0/s1. The number of amides is 1. The molecule has 3 unspecified atom stereocenters. The third kappa shape index (κ3) is 4.34. The van der Waals surface area contributed by atoms with E-state index in [1.807, 2.05) is 30.9 Å². The third-order valence-electron chi connectivity index (χ3n) is 15.2. The molecular weight excluding hydrogens is 560 g/mol. The summed E-state index contributed by atoms with van der Waals surface area (Å²) >= 11 is 0. The predicted molar refractivity (Wildman–Crippen MR) is 173 cm³/mol. The van der Waals surface area contributed by atoms with Crippen molar-refractivity contribution >= 4 is 17.7 Å². The molecule has 1 amide bonds. The number of nitriles is 1. The lowest BCUT2D eigenvalue weighted by Gasteiger charge is -2.62. The molecule has 6 heteroatoms. The second-order valence-electron chi connectivity index (χ2n) is 18.5. The number of rotatable bonds is 2. The quantitative estimate of drug-likeness (QED) is 0.314. The summed E-state index contributed by atoms with van der Waals surface area (Å²) in [6, 6.07) is 2.24. The first kappa shape index (κ1) is 31.2. The number of carbonyl (C=O) groups excluding carboxylic acids is 3. The molecule has 0 radical (unpaired) electrons. The Morgan fingerprint density at radius 3 is 2.36 bits per heavy atom. The predicted octanol–water partition coefficient (Wildman–Crippen LogP) is 8.07. The van der Waals surface area contributed by atoms with E-state index in [2.05, 4.69) is 40.7 Å². The molecule has 7 rings (SSSR count). The summed E-state index contributed by atoms with van der Waals surface area (Å²) < 4.78 is 6.21. The molecule has 2 bridgehead atoms. The van der Waals surface area contributed by atoms with Crippen molar-refractivity contribution in [3.05, 3.63) is 23.3 Å². The largest absolute Gasteiger partial charge is 0.449 e. The van der Waals surface area contributed by atoms with E-state index in [4.69, 9.17) is 4.74 Å². The Hall–Kier alpha value is -2.42. The van der Waals surface area contributed by atoms with Crippen LogP contribution in [-0.2, 0) is 14.3 Å². The second-order valence-corrected chi connectivity index (χ2v) is 18.5. The number of Topliss-reactive ketones (excluding diaryl/α,β-unsaturated/α-hetero) is 1. The normalized spacial score (nSPS) is 46.0. The van der Waals surface area contributed by atoms with E-state index >= 15 is 0 Å². The van der Waals surface area contributed by atoms with Crippen LogP contribution >= 0.6 is 0 Å². The number of hydrogen-bond donors (Lipinski definition) is 0. The van der Waals surface area contributed by atoms with Crippen LogP contribution < -0.4 is 0 Å². The maximum absolute atomic E-state index is 14.5. The van der Waals surface area contributed by atoms with Crippen LogP contribution in [0.2, 0.25) is 0 Å². The van der Waals surface area contributed by atoms with Crippen molar-refractivity contribution in [2.75, 3.05) is 19.7 Å². The van der Waals surface area contributed by atoms with Gasteiger partial charge in [-0.15, -0.1) is 0 Å². The molecule has 0 aromatic rings. The molecule has 9 atom stereocenters. The van der Waals surface area contributed by atoms with Gasteiger partial charge in [0.25, 0.3) is 0 Å². The lowest BCUT2D eigenvalue weighted by Crippen LogP contribution is -2.56. The second kappa shape index (κ2) is 9.80. The Balaban J connectivity index is 1.31. The highest BCUT2D eigenvalue weighted by atomic mass is 16.6. The molecule has 244 valence electrons. The fourth-order valence-corrected chi connectivity index (χ4v) is 12.5. The van der Waals surface area contributed by atoms with E-state index in [-0.39, 0.29) is 56.7 Å². The van der Waals surface area contributed by atoms with Crippen LogP contribution in [0.4, 0.5) is 4.79 Å². The Morgan fingerprint density at radius 1 is 0.978 bits per heavy atom. The molecule has 0 spiro atoms. The van der Waals surface area contributed by atoms with Gasteiger partial charge in [-0.25, -0.2) is 4.79 Å². The Morgan fingerprint density at radius 2 is 1.67 bits per heavy atom. The zero-order valence-electron chi connectivity index (χ0n) is 28.8. The van der Waals surface area contributed by atoms with Gasteiger partial charge < -0.3 is 9.64 Å². The lowest BCUT2D eigenvalue weighted by atomic mass is 9.41. The van der Waals surface area contributed by atoms with Gasteiger partial charge in [0, 0.05) is 35.3 Å². The zero-order chi connectivity index (χ0) is 32.4. The van der Waals surface area contributed by atoms with E-state index in [0.29, 0.717) is 24.4 Å². The highest BCUT2D eigenvalue weighted by molar-refractivity contribution is 6.04. The Kier molecular flexibility index (Phi) is 6.79. The summed E-state index contributed by atoms with van der Waals surface area (Å²) in [5, 5.41) is 10.1. The number of ketones is 2. The number of nitrogens with zero attached hydrogens (tertiary/aromatic N) is 2. The molecule has 45 heavy (non-hydrogen) atoms. The molecule has 4 saturated carbocycles. The molecule has 0 N–H and O–H groups in total. The van der Waals surface area contributed by atoms with Gasteiger partial charge in [-0.1, -0.05) is 60.1 Å². The molecule has 5 fully saturated rings. The number of ether oxygens (including phenoxy) is 1. The fourth-order valence-electron chi connectivity index (χ4n) is 12.5. The summed E-state index contributed by atoms with van der Waals surface area (Å²) in [4.78, 5) is 43.0. The van der Waals surface area contributed by atoms with Gasteiger partial charge in [-0.05, 0) is 110 Å². The smallest absolute Gasteiger partial charge is 0.409 e. The van der Waals surface area contributed by atoms with E-state index in [1.54, 1.807) is 0 Å². The first-order chi connectivity index (χ1) is 21.0. The van der Waals surface area contributed by atoms with Gasteiger partial charge in [0.05, 0.1) is 12.2 Å². The summed E-state index contributed by atoms with van der Waals surface area (Å²) in [7, 11) is 0. The van der Waals surface area contributed by atoms with Gasteiger partial charge >= 0.3 is 6.09 Å². The maximum atomic E-state index is 14.5. The highest BCUT2D eigenvalue weighted by Crippen LogP contribution is 2.78. The topological polar surface area (TPSA) is 87.5 Å². The third-order valence-corrected chi connectivity index (χ3v) is 15.2. The minimum Gasteiger partial charge on any atom is -0.449 e. The zero-order valence-corrected chi connectivity index (χ0v) is 28.8. The van der Waals surface area contributed by atoms with E-state index in [1.165, 1.54) is 0 Å². The minimum absolute atomic E-state index is 0.0338. The molecule has 1 saturated heterocycles. The number of fused-ring (bicyclic) bond motifs is 8.